The summed E-state index contributed by atoms with van der Waals surface area (Å²) in [6.07, 6.45) is 2.53. The van der Waals surface area contributed by atoms with Crippen LogP contribution < -0.4 is 5.32 Å². The number of hydrogen-bond donors (Lipinski definition) is 2. The zero-order valence-corrected chi connectivity index (χ0v) is 16.7. The number of aliphatic hydroxyl groups is 1. The molecule has 1 fully saturated rings. The molecule has 1 rings (SSSR count). The zero-order chi connectivity index (χ0) is 19.3. The van der Waals surface area contributed by atoms with Crippen LogP contribution >= 0.6 is 0 Å². The summed E-state index contributed by atoms with van der Waals surface area (Å²) in [5.41, 5.74) is -1.38. The number of nitrogens with zero attached hydrogens (tertiary/aromatic N) is 1. The van der Waals surface area contributed by atoms with Crippen LogP contribution in [0.1, 0.15) is 67.2 Å². The first-order chi connectivity index (χ1) is 11.4. The van der Waals surface area contributed by atoms with Gasteiger partial charge in [0.15, 0.2) is 0 Å². The lowest BCUT2D eigenvalue weighted by atomic mass is 9.93. The molecule has 6 heteroatoms. The van der Waals surface area contributed by atoms with Crippen molar-refractivity contribution in [3.8, 4) is 0 Å². The average Bonchev–Trinajstić information content (AvgIpc) is 2.49. The molecule has 0 aromatic carbocycles. The Morgan fingerprint density at radius 2 is 1.76 bits per heavy atom. The van der Waals surface area contributed by atoms with Crippen molar-refractivity contribution in [2.75, 3.05) is 19.6 Å². The summed E-state index contributed by atoms with van der Waals surface area (Å²) in [5, 5.41) is 13.2. The van der Waals surface area contributed by atoms with Gasteiger partial charge >= 0.3 is 6.09 Å². The van der Waals surface area contributed by atoms with Crippen LogP contribution in [0.15, 0.2) is 0 Å². The highest BCUT2D eigenvalue weighted by molar-refractivity contribution is 5.79. The predicted octanol–water partition coefficient (Wildman–Crippen LogP) is 2.94. The summed E-state index contributed by atoms with van der Waals surface area (Å²) in [6.45, 7) is 12.8. The van der Waals surface area contributed by atoms with Crippen molar-refractivity contribution in [3.05, 3.63) is 0 Å². The van der Waals surface area contributed by atoms with E-state index in [-0.39, 0.29) is 24.5 Å². The lowest BCUT2D eigenvalue weighted by Crippen LogP contribution is -2.47. The molecule has 1 atom stereocenters. The summed E-state index contributed by atoms with van der Waals surface area (Å²) in [5.74, 6) is 0.382. The minimum atomic E-state index is -0.878. The fourth-order valence-electron chi connectivity index (χ4n) is 2.76. The van der Waals surface area contributed by atoms with Crippen molar-refractivity contribution < 1.29 is 19.4 Å². The second-order valence-corrected chi connectivity index (χ2v) is 8.89. The third kappa shape index (κ3) is 8.56. The summed E-state index contributed by atoms with van der Waals surface area (Å²) in [4.78, 5) is 26.0. The molecule has 0 aromatic rings. The quantitative estimate of drug-likeness (QED) is 0.767. The van der Waals surface area contributed by atoms with E-state index in [0.29, 0.717) is 38.3 Å². The molecule has 0 radical (unpaired) electrons. The van der Waals surface area contributed by atoms with Crippen LogP contribution in [0, 0.1) is 11.8 Å². The highest BCUT2D eigenvalue weighted by atomic mass is 16.6. The van der Waals surface area contributed by atoms with Crippen LogP contribution in [0.2, 0.25) is 0 Å². The molecular formula is C19H36N2O4. The van der Waals surface area contributed by atoms with Gasteiger partial charge in [0.25, 0.3) is 0 Å². The van der Waals surface area contributed by atoms with Gasteiger partial charge in [0.2, 0.25) is 5.91 Å². The highest BCUT2D eigenvalue weighted by Crippen LogP contribution is 2.21. The molecule has 2 N–H and O–H groups in total. The first-order valence-corrected chi connectivity index (χ1v) is 9.37. The van der Waals surface area contributed by atoms with Gasteiger partial charge in [-0.1, -0.05) is 13.8 Å². The maximum Gasteiger partial charge on any atom is 0.410 e. The summed E-state index contributed by atoms with van der Waals surface area (Å²) in [6, 6.07) is 0. The maximum absolute atomic E-state index is 12.3. The largest absolute Gasteiger partial charge is 0.444 e. The second-order valence-electron chi connectivity index (χ2n) is 8.89. The standard InChI is InChI=1S/C19H36N2O4/c1-14(2)7-10-19(6,24)13-20-16(22)15-8-11-21(12-9-15)17(23)25-18(3,4)5/h14-15,24H,7-13H2,1-6H3,(H,20,22)/t19-/m0/s1. The fraction of sp³-hybridized carbons (Fsp3) is 0.895. The van der Waals surface area contributed by atoms with Gasteiger partial charge in [-0.2, -0.15) is 0 Å². The van der Waals surface area contributed by atoms with Crippen LogP contribution in [0.25, 0.3) is 0 Å². The van der Waals surface area contributed by atoms with Crippen LogP contribution in [0.5, 0.6) is 0 Å². The van der Waals surface area contributed by atoms with Crippen LogP contribution in [-0.2, 0) is 9.53 Å². The third-order valence-electron chi connectivity index (χ3n) is 4.42. The molecule has 0 aromatic heterocycles. The summed E-state index contributed by atoms with van der Waals surface area (Å²) < 4.78 is 5.36. The lowest BCUT2D eigenvalue weighted by Gasteiger charge is -2.33. The monoisotopic (exact) mass is 356 g/mol. The second kappa shape index (κ2) is 8.88. The molecule has 0 unspecified atom stereocenters. The van der Waals surface area contributed by atoms with Gasteiger partial charge in [-0.15, -0.1) is 0 Å². The van der Waals surface area contributed by atoms with E-state index in [1.807, 2.05) is 20.8 Å². The van der Waals surface area contributed by atoms with Crippen molar-refractivity contribution in [3.63, 3.8) is 0 Å². The molecule has 2 amide bonds. The molecule has 6 nitrogen and oxygen atoms in total. The summed E-state index contributed by atoms with van der Waals surface area (Å²) in [7, 11) is 0. The zero-order valence-electron chi connectivity index (χ0n) is 16.7. The van der Waals surface area contributed by atoms with E-state index >= 15 is 0 Å². The number of rotatable bonds is 6. The van der Waals surface area contributed by atoms with Gasteiger partial charge in [0, 0.05) is 25.6 Å². The van der Waals surface area contributed by atoms with Gasteiger partial charge in [-0.25, -0.2) is 4.79 Å². The number of ether oxygens (including phenoxy) is 1. The molecule has 1 aliphatic rings. The van der Waals surface area contributed by atoms with E-state index in [4.69, 9.17) is 4.74 Å². The number of likely N-dealkylation sites (tertiary alicyclic amines) is 1. The first-order valence-electron chi connectivity index (χ1n) is 9.37. The van der Waals surface area contributed by atoms with E-state index in [0.717, 1.165) is 6.42 Å². The third-order valence-corrected chi connectivity index (χ3v) is 4.42. The van der Waals surface area contributed by atoms with Crippen molar-refractivity contribution in [2.45, 2.75) is 78.4 Å². The van der Waals surface area contributed by atoms with Crippen LogP contribution in [-0.4, -0.2) is 52.8 Å². The van der Waals surface area contributed by atoms with Crippen molar-refractivity contribution in [2.24, 2.45) is 11.8 Å². The smallest absolute Gasteiger partial charge is 0.410 e. The van der Waals surface area contributed by atoms with E-state index < -0.39 is 11.2 Å². The van der Waals surface area contributed by atoms with Gasteiger partial charge in [-0.05, 0) is 59.3 Å². The molecule has 1 saturated heterocycles. The predicted molar refractivity (Wildman–Crippen MR) is 98.2 cm³/mol. The minimum Gasteiger partial charge on any atom is -0.444 e. The topological polar surface area (TPSA) is 78.9 Å². The van der Waals surface area contributed by atoms with Crippen molar-refractivity contribution in [1.82, 2.24) is 10.2 Å². The number of carbonyl (C=O) groups excluding carboxylic acids is 2. The SMILES string of the molecule is CC(C)CC[C@](C)(O)CNC(=O)C1CCN(C(=O)OC(C)(C)C)CC1. The van der Waals surface area contributed by atoms with Crippen molar-refractivity contribution >= 4 is 12.0 Å². The van der Waals surface area contributed by atoms with Crippen molar-refractivity contribution in [1.29, 1.82) is 0 Å². The van der Waals surface area contributed by atoms with E-state index in [9.17, 15) is 14.7 Å². The number of piperidine rings is 1. The van der Waals surface area contributed by atoms with Gasteiger partial charge in [0.05, 0.1) is 5.60 Å². The molecule has 0 bridgehead atoms. The van der Waals surface area contributed by atoms with E-state index in [1.165, 1.54) is 0 Å². The lowest BCUT2D eigenvalue weighted by molar-refractivity contribution is -0.127. The Morgan fingerprint density at radius 1 is 1.20 bits per heavy atom. The molecule has 25 heavy (non-hydrogen) atoms. The molecule has 0 saturated carbocycles. The highest BCUT2D eigenvalue weighted by Gasteiger charge is 2.31. The van der Waals surface area contributed by atoms with Gasteiger partial charge in [-0.3, -0.25) is 4.79 Å². The number of hydrogen-bond acceptors (Lipinski definition) is 4. The number of nitrogens with one attached hydrogen (secondary N) is 1. The molecule has 146 valence electrons. The Bertz CT molecular complexity index is 447. The molecule has 0 spiro atoms. The number of amides is 2. The Hall–Kier alpha value is -1.30. The fourth-order valence-corrected chi connectivity index (χ4v) is 2.76. The first kappa shape index (κ1) is 21.7. The molecule has 1 aliphatic heterocycles. The number of carbonyl (C=O) groups is 2. The normalized spacial score (nSPS) is 18.8. The minimum absolute atomic E-state index is 0.0336. The molecular weight excluding hydrogens is 320 g/mol. The molecule has 0 aliphatic carbocycles. The Kier molecular flexibility index (Phi) is 7.72. The Morgan fingerprint density at radius 3 is 2.24 bits per heavy atom. The van der Waals surface area contributed by atoms with E-state index in [2.05, 4.69) is 19.2 Å². The van der Waals surface area contributed by atoms with Gasteiger partial charge < -0.3 is 20.1 Å². The average molecular weight is 357 g/mol. The maximum atomic E-state index is 12.3. The Labute approximate surface area is 152 Å². The molecule has 1 heterocycles. The van der Waals surface area contributed by atoms with Gasteiger partial charge in [0.1, 0.15) is 5.60 Å². The van der Waals surface area contributed by atoms with Crippen LogP contribution in [0.3, 0.4) is 0 Å². The Balaban J connectivity index is 2.37. The summed E-state index contributed by atoms with van der Waals surface area (Å²) >= 11 is 0. The van der Waals surface area contributed by atoms with Crippen LogP contribution in [0.4, 0.5) is 4.79 Å². The van der Waals surface area contributed by atoms with E-state index in [1.54, 1.807) is 11.8 Å².